The molecule has 2 N–H and O–H groups in total. The number of phenolic OH excluding ortho intramolecular Hbond substituents is 1. The Bertz CT molecular complexity index is 1530. The minimum absolute atomic E-state index is 0.0318. The van der Waals surface area contributed by atoms with Crippen LogP contribution in [0.15, 0.2) is 85.1 Å². The highest BCUT2D eigenvalue weighted by Gasteiger charge is 2.31. The van der Waals surface area contributed by atoms with Crippen LogP contribution in [-0.4, -0.2) is 44.7 Å². The average molecular weight is 690 g/mol. The molecule has 1 heterocycles. The first-order valence-electron chi connectivity index (χ1n) is 16.2. The Kier molecular flexibility index (Phi) is 23.3. The molecule has 0 aliphatic carbocycles. The first-order chi connectivity index (χ1) is 23.4. The lowest BCUT2D eigenvalue weighted by atomic mass is 10.1. The number of non-ortho nitro benzene ring substituents is 1. The van der Waals surface area contributed by atoms with Crippen LogP contribution in [0.25, 0.3) is 5.69 Å². The Hall–Kier alpha value is -5.20. The number of nitro groups is 1. The van der Waals surface area contributed by atoms with Crippen LogP contribution < -0.4 is 10.2 Å². The van der Waals surface area contributed by atoms with Gasteiger partial charge in [-0.15, -0.1) is 0 Å². The number of aromatic hydroxyl groups is 1. The van der Waals surface area contributed by atoms with E-state index in [1.54, 1.807) is 50.4 Å². The quantitative estimate of drug-likeness (QED) is 0.147. The number of alkyl halides is 3. The fourth-order valence-electron chi connectivity index (χ4n) is 3.75. The zero-order valence-electron chi connectivity index (χ0n) is 30.0. The van der Waals surface area contributed by atoms with Gasteiger partial charge in [0.15, 0.2) is 0 Å². The second-order valence-electron chi connectivity index (χ2n) is 8.57. The third-order valence-electron chi connectivity index (χ3n) is 5.69. The number of para-hydroxylation sites is 1. The number of aromatic nitrogens is 2. The van der Waals surface area contributed by atoms with Crippen LogP contribution in [0.4, 0.5) is 24.7 Å². The SMILES string of the molecule is CC.CC.CC.CC.CCN(C(=O)CNC(=O)c1cccc(C(F)(F)F)c1)c1c(C)cnn1-c1cccc(O)c1.O=[N+]([O-])c1ccccc1. The highest BCUT2D eigenvalue weighted by molar-refractivity contribution is 6.00. The minimum atomic E-state index is -4.58. The predicted octanol–water partition coefficient (Wildman–Crippen LogP) is 9.39. The molecule has 4 rings (SSSR count). The lowest BCUT2D eigenvalue weighted by Crippen LogP contribution is -2.41. The number of benzene rings is 3. The van der Waals surface area contributed by atoms with Crippen molar-refractivity contribution in [2.24, 2.45) is 0 Å². The van der Waals surface area contributed by atoms with Crippen molar-refractivity contribution in [1.29, 1.82) is 0 Å². The molecule has 3 aromatic carbocycles. The smallest absolute Gasteiger partial charge is 0.416 e. The van der Waals surface area contributed by atoms with Gasteiger partial charge in [-0.2, -0.15) is 18.3 Å². The number of carbonyl (C=O) groups excluding carboxylic acids is 2. The molecule has 2 amide bonds. The molecule has 4 aromatic rings. The van der Waals surface area contributed by atoms with Crippen LogP contribution in [0, 0.1) is 17.0 Å². The molecule has 0 aliphatic heterocycles. The minimum Gasteiger partial charge on any atom is -0.508 e. The summed E-state index contributed by atoms with van der Waals surface area (Å²) in [6.07, 6.45) is -3.01. The highest BCUT2D eigenvalue weighted by Crippen LogP contribution is 2.29. The van der Waals surface area contributed by atoms with Crippen LogP contribution in [0.2, 0.25) is 0 Å². The number of nitro benzene ring substituents is 1. The van der Waals surface area contributed by atoms with E-state index in [1.807, 2.05) is 55.4 Å². The zero-order chi connectivity index (χ0) is 38.2. The summed E-state index contributed by atoms with van der Waals surface area (Å²) in [5.74, 6) is -0.780. The molecule has 0 saturated carbocycles. The number of nitrogens with one attached hydrogen (secondary N) is 1. The molecule has 0 bridgehead atoms. The maximum Gasteiger partial charge on any atom is 0.416 e. The summed E-state index contributed by atoms with van der Waals surface area (Å²) in [7, 11) is 0. The Labute approximate surface area is 287 Å². The molecule has 0 atom stereocenters. The summed E-state index contributed by atoms with van der Waals surface area (Å²) in [4.78, 5) is 36.2. The van der Waals surface area contributed by atoms with Crippen molar-refractivity contribution in [3.63, 3.8) is 0 Å². The van der Waals surface area contributed by atoms with Crippen molar-refractivity contribution in [3.8, 4) is 11.4 Å². The number of aryl methyl sites for hydroxylation is 1. The third kappa shape index (κ3) is 15.1. The van der Waals surface area contributed by atoms with Gasteiger partial charge in [-0.1, -0.05) is 85.7 Å². The van der Waals surface area contributed by atoms with Crippen LogP contribution in [0.1, 0.15) is 83.8 Å². The Balaban J connectivity index is 0. The van der Waals surface area contributed by atoms with Gasteiger partial charge in [0.05, 0.1) is 28.9 Å². The van der Waals surface area contributed by atoms with E-state index in [1.165, 1.54) is 39.9 Å². The first kappa shape index (κ1) is 45.9. The van der Waals surface area contributed by atoms with Crippen LogP contribution in [-0.2, 0) is 11.0 Å². The van der Waals surface area contributed by atoms with E-state index in [9.17, 15) is 38.0 Å². The number of phenols is 1. The van der Waals surface area contributed by atoms with Crippen molar-refractivity contribution < 1.29 is 32.8 Å². The first-order valence-corrected chi connectivity index (χ1v) is 16.2. The highest BCUT2D eigenvalue weighted by atomic mass is 19.4. The average Bonchev–Trinajstić information content (AvgIpc) is 3.52. The van der Waals surface area contributed by atoms with Crippen molar-refractivity contribution in [2.75, 3.05) is 18.0 Å². The van der Waals surface area contributed by atoms with Crippen molar-refractivity contribution >= 4 is 23.3 Å². The molecule has 10 nitrogen and oxygen atoms in total. The fraction of sp³-hybridized carbons (Fsp3) is 0.361. The number of hydrogen-bond donors (Lipinski definition) is 2. The monoisotopic (exact) mass is 689 g/mol. The van der Waals surface area contributed by atoms with Gasteiger partial charge in [0.2, 0.25) is 5.91 Å². The molecule has 49 heavy (non-hydrogen) atoms. The molecule has 0 radical (unpaired) electrons. The van der Waals surface area contributed by atoms with Gasteiger partial charge in [0.25, 0.3) is 11.6 Å². The molecule has 270 valence electrons. The number of carbonyl (C=O) groups is 2. The molecule has 0 unspecified atom stereocenters. The van der Waals surface area contributed by atoms with Gasteiger partial charge >= 0.3 is 6.18 Å². The number of hydrogen-bond acceptors (Lipinski definition) is 6. The summed E-state index contributed by atoms with van der Waals surface area (Å²) in [6.45, 7) is 19.3. The standard InChI is InChI=1S/C22H21F3N4O3.C6H5NO2.4C2H6/c1-3-28(21-14(2)12-27-29(21)17-8-5-9-18(30)11-17)19(31)13-26-20(32)15-6-4-7-16(10-15)22(23,24)25;8-7(9)6-4-2-1-3-5-6;4*1-2/h4-12,30H,3,13H2,1-2H3,(H,26,32);1-5H;4*1-2H3. The molecule has 1 aromatic heterocycles. The summed E-state index contributed by atoms with van der Waals surface area (Å²) in [5, 5.41) is 26.4. The number of halogens is 3. The predicted molar refractivity (Wildman–Crippen MR) is 190 cm³/mol. The van der Waals surface area contributed by atoms with Crippen molar-refractivity contribution in [2.45, 2.75) is 75.4 Å². The molecule has 0 fully saturated rings. The molecular weight excluding hydrogens is 639 g/mol. The van der Waals surface area contributed by atoms with Gasteiger partial charge in [-0.05, 0) is 44.2 Å². The number of anilines is 1. The fourth-order valence-corrected chi connectivity index (χ4v) is 3.75. The topological polar surface area (TPSA) is 131 Å². The summed E-state index contributed by atoms with van der Waals surface area (Å²) >= 11 is 0. The molecule has 0 aliphatic rings. The molecular formula is C36H50F3N5O5. The lowest BCUT2D eigenvalue weighted by Gasteiger charge is -2.23. The van der Waals surface area contributed by atoms with Crippen LogP contribution in [0.3, 0.4) is 0 Å². The lowest BCUT2D eigenvalue weighted by molar-refractivity contribution is -0.384. The Morgan fingerprint density at radius 1 is 0.898 bits per heavy atom. The maximum absolute atomic E-state index is 12.9. The summed E-state index contributed by atoms with van der Waals surface area (Å²) < 4.78 is 40.1. The van der Waals surface area contributed by atoms with E-state index in [4.69, 9.17) is 0 Å². The van der Waals surface area contributed by atoms with Gasteiger partial charge in [-0.3, -0.25) is 24.6 Å². The number of rotatable bonds is 7. The van der Waals surface area contributed by atoms with E-state index >= 15 is 0 Å². The number of nitrogens with zero attached hydrogens (tertiary/aromatic N) is 4. The molecule has 0 spiro atoms. The summed E-state index contributed by atoms with van der Waals surface area (Å²) in [6, 6.07) is 18.3. The van der Waals surface area contributed by atoms with E-state index in [0.717, 1.165) is 18.2 Å². The van der Waals surface area contributed by atoms with E-state index in [2.05, 4.69) is 10.4 Å². The van der Waals surface area contributed by atoms with Gasteiger partial charge in [-0.25, -0.2) is 4.68 Å². The Morgan fingerprint density at radius 2 is 1.47 bits per heavy atom. The van der Waals surface area contributed by atoms with Crippen molar-refractivity contribution in [3.05, 3.63) is 112 Å². The second kappa shape index (κ2) is 24.9. The van der Waals surface area contributed by atoms with E-state index in [0.29, 0.717) is 17.1 Å². The third-order valence-corrected chi connectivity index (χ3v) is 5.69. The second-order valence-corrected chi connectivity index (χ2v) is 8.57. The number of amides is 2. The maximum atomic E-state index is 12.9. The van der Waals surface area contributed by atoms with Crippen LogP contribution >= 0.6 is 0 Å². The largest absolute Gasteiger partial charge is 0.508 e. The van der Waals surface area contributed by atoms with Gasteiger partial charge < -0.3 is 10.4 Å². The van der Waals surface area contributed by atoms with Crippen LogP contribution in [0.5, 0.6) is 5.75 Å². The zero-order valence-corrected chi connectivity index (χ0v) is 30.0. The Morgan fingerprint density at radius 3 is 1.96 bits per heavy atom. The molecule has 0 saturated heterocycles. The van der Waals surface area contributed by atoms with E-state index in [-0.39, 0.29) is 23.5 Å². The number of likely N-dealkylation sites (N-methyl/N-ethyl adjacent to an activating group) is 1. The van der Waals surface area contributed by atoms with Gasteiger partial charge in [0, 0.05) is 35.9 Å². The molecule has 13 heteroatoms. The van der Waals surface area contributed by atoms with E-state index < -0.39 is 35.0 Å². The normalized spacial score (nSPS) is 9.49. The van der Waals surface area contributed by atoms with Gasteiger partial charge in [0.1, 0.15) is 11.6 Å². The van der Waals surface area contributed by atoms with Crippen molar-refractivity contribution in [1.82, 2.24) is 15.1 Å². The summed E-state index contributed by atoms with van der Waals surface area (Å²) in [5.41, 5.74) is 0.214.